The fraction of sp³-hybridized carbons (Fsp3) is 0.267. The van der Waals surface area contributed by atoms with E-state index in [2.05, 4.69) is 37.4 Å². The number of carbonyl (C=O) groups is 1. The van der Waals surface area contributed by atoms with E-state index in [-0.39, 0.29) is 6.42 Å². The van der Waals surface area contributed by atoms with Crippen LogP contribution in [-0.2, 0) is 17.8 Å². The van der Waals surface area contributed by atoms with Gasteiger partial charge in [0.05, 0.1) is 6.42 Å². The molecule has 0 spiro atoms. The van der Waals surface area contributed by atoms with E-state index in [4.69, 9.17) is 5.11 Å². The molecule has 0 atom stereocenters. The summed E-state index contributed by atoms with van der Waals surface area (Å²) in [6.45, 7) is 4.88. The van der Waals surface area contributed by atoms with Gasteiger partial charge in [0.2, 0.25) is 0 Å². The Morgan fingerprint density at radius 1 is 1.16 bits per heavy atom. The van der Waals surface area contributed by atoms with E-state index in [1.807, 2.05) is 12.1 Å². The van der Waals surface area contributed by atoms with Gasteiger partial charge >= 0.3 is 5.97 Å². The van der Waals surface area contributed by atoms with Gasteiger partial charge in [-0.15, -0.1) is 11.3 Å². The summed E-state index contributed by atoms with van der Waals surface area (Å²) >= 11 is 1.55. The Hall–Kier alpha value is -1.81. The Balaban J connectivity index is 1.98. The van der Waals surface area contributed by atoms with Gasteiger partial charge in [-0.1, -0.05) is 6.07 Å². The molecule has 0 radical (unpaired) electrons. The van der Waals surface area contributed by atoms with Crippen molar-refractivity contribution in [3.05, 3.63) is 51.2 Å². The lowest BCUT2D eigenvalue weighted by Crippen LogP contribution is -1.98. The Bertz CT molecular complexity index is 569. The third-order valence-electron chi connectivity index (χ3n) is 2.73. The third-order valence-corrected chi connectivity index (χ3v) is 3.82. The SMILES string of the molecule is Cc1cc(C)cc(NCc2ccc(CC(=O)O)s2)c1. The molecule has 1 heterocycles. The third kappa shape index (κ3) is 4.10. The van der Waals surface area contributed by atoms with Gasteiger partial charge in [0.1, 0.15) is 0 Å². The summed E-state index contributed by atoms with van der Waals surface area (Å²) in [5, 5.41) is 12.1. The van der Waals surface area contributed by atoms with Crippen LogP contribution < -0.4 is 5.32 Å². The van der Waals surface area contributed by atoms with Gasteiger partial charge < -0.3 is 10.4 Å². The maximum Gasteiger partial charge on any atom is 0.308 e. The van der Waals surface area contributed by atoms with Crippen LogP contribution in [-0.4, -0.2) is 11.1 Å². The minimum Gasteiger partial charge on any atom is -0.481 e. The second-order valence-electron chi connectivity index (χ2n) is 4.67. The normalized spacial score (nSPS) is 10.4. The molecule has 0 fully saturated rings. The number of nitrogens with one attached hydrogen (secondary N) is 1. The molecule has 100 valence electrons. The first-order valence-corrected chi connectivity index (χ1v) is 6.96. The molecular weight excluding hydrogens is 258 g/mol. The van der Waals surface area contributed by atoms with Crippen molar-refractivity contribution >= 4 is 23.0 Å². The van der Waals surface area contributed by atoms with Crippen LogP contribution in [0.4, 0.5) is 5.69 Å². The Labute approximate surface area is 116 Å². The first-order valence-electron chi connectivity index (χ1n) is 6.14. The minimum absolute atomic E-state index is 0.105. The lowest BCUT2D eigenvalue weighted by Gasteiger charge is -2.07. The number of hydrogen-bond donors (Lipinski definition) is 2. The number of carboxylic acids is 1. The van der Waals surface area contributed by atoms with Gasteiger partial charge in [0.25, 0.3) is 0 Å². The first-order chi connectivity index (χ1) is 9.02. The number of benzene rings is 1. The van der Waals surface area contributed by atoms with Crippen molar-refractivity contribution in [1.29, 1.82) is 0 Å². The largest absolute Gasteiger partial charge is 0.481 e. The summed E-state index contributed by atoms with van der Waals surface area (Å²) in [5.74, 6) is -0.782. The van der Waals surface area contributed by atoms with Crippen LogP contribution in [0, 0.1) is 13.8 Å². The molecule has 1 aromatic carbocycles. The molecule has 3 nitrogen and oxygen atoms in total. The topological polar surface area (TPSA) is 49.3 Å². The summed E-state index contributed by atoms with van der Waals surface area (Å²) in [5.41, 5.74) is 3.58. The van der Waals surface area contributed by atoms with Crippen LogP contribution >= 0.6 is 11.3 Å². The number of hydrogen-bond acceptors (Lipinski definition) is 3. The summed E-state index contributed by atoms with van der Waals surface area (Å²) in [4.78, 5) is 12.7. The molecule has 0 amide bonds. The second kappa shape index (κ2) is 5.89. The molecule has 0 aliphatic rings. The van der Waals surface area contributed by atoms with E-state index < -0.39 is 5.97 Å². The molecule has 0 bridgehead atoms. The monoisotopic (exact) mass is 275 g/mol. The maximum atomic E-state index is 10.6. The first kappa shape index (κ1) is 13.6. The van der Waals surface area contributed by atoms with E-state index >= 15 is 0 Å². The number of thiophene rings is 1. The molecule has 2 rings (SSSR count). The predicted molar refractivity (Wildman–Crippen MR) is 78.9 cm³/mol. The zero-order valence-electron chi connectivity index (χ0n) is 11.1. The van der Waals surface area contributed by atoms with E-state index in [0.29, 0.717) is 0 Å². The van der Waals surface area contributed by atoms with Crippen molar-refractivity contribution in [2.24, 2.45) is 0 Å². The van der Waals surface area contributed by atoms with Crippen LogP contribution in [0.25, 0.3) is 0 Å². The molecule has 4 heteroatoms. The maximum absolute atomic E-state index is 10.6. The van der Waals surface area contributed by atoms with Crippen LogP contribution in [0.3, 0.4) is 0 Å². The smallest absolute Gasteiger partial charge is 0.308 e. The van der Waals surface area contributed by atoms with Gasteiger partial charge in [0, 0.05) is 22.0 Å². The molecule has 2 aromatic rings. The van der Waals surface area contributed by atoms with E-state index in [1.165, 1.54) is 11.1 Å². The highest BCUT2D eigenvalue weighted by atomic mass is 32.1. The van der Waals surface area contributed by atoms with Gasteiger partial charge in [0.15, 0.2) is 0 Å². The van der Waals surface area contributed by atoms with Crippen LogP contribution in [0.5, 0.6) is 0 Å². The number of aliphatic carboxylic acids is 1. The van der Waals surface area contributed by atoms with Gasteiger partial charge in [-0.05, 0) is 49.2 Å². The molecule has 1 aromatic heterocycles. The molecule has 0 unspecified atom stereocenters. The number of carboxylic acid groups (broad SMARTS) is 1. The molecule has 19 heavy (non-hydrogen) atoms. The van der Waals surface area contributed by atoms with Crippen LogP contribution in [0.2, 0.25) is 0 Å². The van der Waals surface area contributed by atoms with E-state index in [1.54, 1.807) is 11.3 Å². The van der Waals surface area contributed by atoms with E-state index in [9.17, 15) is 4.79 Å². The van der Waals surface area contributed by atoms with Crippen LogP contribution in [0.15, 0.2) is 30.3 Å². The molecule has 0 aliphatic heterocycles. The standard InChI is InChI=1S/C15H17NO2S/c1-10-5-11(2)7-12(6-10)16-9-14-4-3-13(19-14)8-15(17)18/h3-7,16H,8-9H2,1-2H3,(H,17,18). The fourth-order valence-electron chi connectivity index (χ4n) is 2.03. The van der Waals surface area contributed by atoms with Crippen molar-refractivity contribution in [3.8, 4) is 0 Å². The van der Waals surface area contributed by atoms with Crippen LogP contribution in [0.1, 0.15) is 20.9 Å². The average molecular weight is 275 g/mol. The van der Waals surface area contributed by atoms with Gasteiger partial charge in [-0.25, -0.2) is 0 Å². The number of rotatable bonds is 5. The summed E-state index contributed by atoms with van der Waals surface area (Å²) in [6.07, 6.45) is 0.105. The summed E-state index contributed by atoms with van der Waals surface area (Å²) in [7, 11) is 0. The Morgan fingerprint density at radius 3 is 2.42 bits per heavy atom. The van der Waals surface area contributed by atoms with Gasteiger partial charge in [-0.2, -0.15) is 0 Å². The minimum atomic E-state index is -0.782. The molecule has 0 aliphatic carbocycles. The number of aryl methyl sites for hydroxylation is 2. The zero-order chi connectivity index (χ0) is 13.8. The Morgan fingerprint density at radius 2 is 1.79 bits per heavy atom. The lowest BCUT2D eigenvalue weighted by atomic mass is 10.1. The van der Waals surface area contributed by atoms with Gasteiger partial charge in [-0.3, -0.25) is 4.79 Å². The Kier molecular flexibility index (Phi) is 4.22. The van der Waals surface area contributed by atoms with Crippen molar-refractivity contribution in [1.82, 2.24) is 0 Å². The zero-order valence-corrected chi connectivity index (χ0v) is 11.9. The molecular formula is C15H17NO2S. The predicted octanol–water partition coefficient (Wildman–Crippen LogP) is 3.60. The molecule has 0 saturated heterocycles. The average Bonchev–Trinajstić information content (AvgIpc) is 2.72. The highest BCUT2D eigenvalue weighted by Crippen LogP contribution is 2.20. The van der Waals surface area contributed by atoms with Crippen molar-refractivity contribution in [2.45, 2.75) is 26.8 Å². The van der Waals surface area contributed by atoms with E-state index in [0.717, 1.165) is 22.0 Å². The molecule has 0 saturated carbocycles. The quantitative estimate of drug-likeness (QED) is 0.876. The fourth-order valence-corrected chi connectivity index (χ4v) is 2.98. The van der Waals surface area contributed by atoms with Crippen molar-refractivity contribution in [2.75, 3.05) is 5.32 Å². The molecule has 2 N–H and O–H groups in total. The highest BCUT2D eigenvalue weighted by Gasteiger charge is 2.04. The lowest BCUT2D eigenvalue weighted by molar-refractivity contribution is -0.136. The van der Waals surface area contributed by atoms with Crippen molar-refractivity contribution in [3.63, 3.8) is 0 Å². The summed E-state index contributed by atoms with van der Waals surface area (Å²) < 4.78 is 0. The number of anilines is 1. The second-order valence-corrected chi connectivity index (χ2v) is 5.92. The summed E-state index contributed by atoms with van der Waals surface area (Å²) in [6, 6.07) is 10.2. The highest BCUT2D eigenvalue weighted by molar-refractivity contribution is 7.12. The van der Waals surface area contributed by atoms with Crippen molar-refractivity contribution < 1.29 is 9.90 Å².